The molecule has 1 spiro atoms. The second-order valence-corrected chi connectivity index (χ2v) is 20.4. The van der Waals surface area contributed by atoms with Crippen molar-refractivity contribution in [1.29, 1.82) is 0 Å². The molecule has 354 valence electrons. The highest BCUT2D eigenvalue weighted by Gasteiger charge is 2.50. The largest absolute Gasteiger partial charge is 0.310 e. The van der Waals surface area contributed by atoms with Gasteiger partial charge in [0.05, 0.1) is 38.9 Å². The van der Waals surface area contributed by atoms with Crippen LogP contribution in [0.2, 0.25) is 0 Å². The van der Waals surface area contributed by atoms with Gasteiger partial charge in [-0.1, -0.05) is 212 Å². The summed E-state index contributed by atoms with van der Waals surface area (Å²) in [5, 5.41) is 5.07. The molecule has 2 aromatic heterocycles. The van der Waals surface area contributed by atoms with Gasteiger partial charge in [0.25, 0.3) is 0 Å². The third-order valence-electron chi connectivity index (χ3n) is 16.5. The van der Waals surface area contributed by atoms with E-state index in [9.17, 15) is 0 Å². The monoisotopic (exact) mass is 965 g/mol. The van der Waals surface area contributed by atoms with Crippen LogP contribution in [0.25, 0.3) is 99.5 Å². The van der Waals surface area contributed by atoms with Gasteiger partial charge in [0.1, 0.15) is 0 Å². The molecule has 0 saturated heterocycles. The van der Waals surface area contributed by atoms with Crippen LogP contribution in [0.5, 0.6) is 0 Å². The highest BCUT2D eigenvalue weighted by molar-refractivity contribution is 6.13. The summed E-state index contributed by atoms with van der Waals surface area (Å²) in [6.45, 7) is 0. The first-order valence-corrected chi connectivity index (χ1v) is 26.3. The van der Waals surface area contributed by atoms with Crippen molar-refractivity contribution in [2.45, 2.75) is 5.41 Å². The summed E-state index contributed by atoms with van der Waals surface area (Å²) in [5.74, 6) is 0. The van der Waals surface area contributed by atoms with Crippen LogP contribution in [0.4, 0.5) is 17.1 Å². The minimum atomic E-state index is -0.542. The molecule has 16 rings (SSSR count). The van der Waals surface area contributed by atoms with Crippen LogP contribution in [-0.2, 0) is 5.41 Å². The summed E-state index contributed by atoms with van der Waals surface area (Å²) in [4.78, 5) is 2.45. The van der Waals surface area contributed by atoms with E-state index in [4.69, 9.17) is 0 Å². The second kappa shape index (κ2) is 16.5. The molecule has 0 saturated carbocycles. The average Bonchev–Trinajstić information content (AvgIpc) is 4.21. The third kappa shape index (κ3) is 6.05. The highest BCUT2D eigenvalue weighted by Crippen LogP contribution is 2.61. The summed E-state index contributed by atoms with van der Waals surface area (Å²) in [7, 11) is 0. The maximum absolute atomic E-state index is 2.52. The van der Waals surface area contributed by atoms with Crippen LogP contribution in [0, 0.1) is 0 Å². The number of rotatable bonds is 7. The lowest BCUT2D eigenvalue weighted by Crippen LogP contribution is -2.33. The van der Waals surface area contributed by atoms with E-state index in [1.807, 2.05) is 0 Å². The number of anilines is 3. The highest BCUT2D eigenvalue weighted by atomic mass is 15.1. The number of para-hydroxylation sites is 6. The van der Waals surface area contributed by atoms with Crippen LogP contribution >= 0.6 is 0 Å². The molecule has 14 aromatic rings. The van der Waals surface area contributed by atoms with E-state index in [0.717, 1.165) is 39.4 Å². The normalized spacial score (nSPS) is 14.1. The van der Waals surface area contributed by atoms with Gasteiger partial charge in [-0.2, -0.15) is 0 Å². The summed E-state index contributed by atoms with van der Waals surface area (Å²) >= 11 is 0. The SMILES string of the molecule is c1ccc(-c2ccc(-c3ccccc3N(c3ccc(-n4c5ccccc5c5ccccc54)cc3)c3cccc(-c4ccc5c(c4)C4(c6ccccc6-5)c5ccccc5-n5c6ccccc6c6cccc4c65)c3)cc2)cc1. The smallest absolute Gasteiger partial charge is 0.0754 e. The fourth-order valence-corrected chi connectivity index (χ4v) is 13.3. The summed E-state index contributed by atoms with van der Waals surface area (Å²) in [5.41, 5.74) is 24.8. The molecular formula is C73H47N3. The number of aromatic nitrogens is 2. The summed E-state index contributed by atoms with van der Waals surface area (Å²) < 4.78 is 4.92. The number of nitrogens with zero attached hydrogens (tertiary/aromatic N) is 3. The standard InChI is InChI=1S/C73H47N3/c1-2-18-48(19-3-1)49-36-38-50(39-37-49)56-22-5-11-31-67(56)74(53-41-43-54(44-42-53)75-68-32-12-6-24-59(68)60-25-7-13-33-69(60)75)55-21-16-20-51(46-55)52-40-45-58-57-23-4-9-28-63(57)73(66(58)47-52)64-29-10-15-35-71(64)76-70-34-14-8-26-61(70)62-27-17-30-65(73)72(62)76/h1-47H. The van der Waals surface area contributed by atoms with Crippen molar-refractivity contribution in [2.24, 2.45) is 0 Å². The molecule has 76 heavy (non-hydrogen) atoms. The zero-order valence-corrected chi connectivity index (χ0v) is 41.5. The predicted octanol–water partition coefficient (Wildman–Crippen LogP) is 19.0. The van der Waals surface area contributed by atoms with Gasteiger partial charge in [-0.05, 0) is 134 Å². The molecule has 1 unspecified atom stereocenters. The van der Waals surface area contributed by atoms with Crippen molar-refractivity contribution in [3.05, 3.63) is 307 Å². The van der Waals surface area contributed by atoms with Crippen molar-refractivity contribution in [2.75, 3.05) is 4.90 Å². The van der Waals surface area contributed by atoms with Gasteiger partial charge in [0.2, 0.25) is 0 Å². The fourth-order valence-electron chi connectivity index (χ4n) is 13.3. The first-order chi connectivity index (χ1) is 37.7. The Hall–Kier alpha value is -9.96. The Balaban J connectivity index is 0.880. The van der Waals surface area contributed by atoms with Crippen LogP contribution in [-0.4, -0.2) is 9.13 Å². The maximum Gasteiger partial charge on any atom is 0.0754 e. The second-order valence-electron chi connectivity index (χ2n) is 20.4. The molecule has 1 aliphatic carbocycles. The van der Waals surface area contributed by atoms with Crippen LogP contribution < -0.4 is 4.90 Å². The maximum atomic E-state index is 2.52. The van der Waals surface area contributed by atoms with Gasteiger partial charge in [-0.15, -0.1) is 0 Å². The Morgan fingerprint density at radius 2 is 0.789 bits per heavy atom. The molecule has 1 aliphatic heterocycles. The first kappa shape index (κ1) is 42.5. The van der Waals surface area contributed by atoms with Crippen LogP contribution in [0.3, 0.4) is 0 Å². The summed E-state index contributed by atoms with van der Waals surface area (Å²) in [6.07, 6.45) is 0. The zero-order valence-electron chi connectivity index (χ0n) is 41.5. The topological polar surface area (TPSA) is 13.1 Å². The van der Waals surface area contributed by atoms with Crippen molar-refractivity contribution >= 4 is 60.7 Å². The lowest BCUT2D eigenvalue weighted by atomic mass is 9.65. The van der Waals surface area contributed by atoms with Crippen molar-refractivity contribution < 1.29 is 0 Å². The Morgan fingerprint density at radius 3 is 1.55 bits per heavy atom. The van der Waals surface area contributed by atoms with E-state index in [-0.39, 0.29) is 0 Å². The van der Waals surface area contributed by atoms with Gasteiger partial charge in [-0.25, -0.2) is 0 Å². The van der Waals surface area contributed by atoms with E-state index in [1.54, 1.807) is 0 Å². The predicted molar refractivity (Wildman–Crippen MR) is 317 cm³/mol. The number of fused-ring (bicyclic) bond motifs is 15. The van der Waals surface area contributed by atoms with Crippen molar-refractivity contribution in [1.82, 2.24) is 9.13 Å². The molecule has 0 fully saturated rings. The Labute approximate surface area is 441 Å². The lowest BCUT2D eigenvalue weighted by molar-refractivity contribution is 0.749. The van der Waals surface area contributed by atoms with Crippen LogP contribution in [0.1, 0.15) is 22.3 Å². The van der Waals surface area contributed by atoms with E-state index in [0.29, 0.717) is 0 Å². The van der Waals surface area contributed by atoms with Gasteiger partial charge in [0.15, 0.2) is 0 Å². The van der Waals surface area contributed by atoms with Gasteiger partial charge < -0.3 is 14.0 Å². The van der Waals surface area contributed by atoms with E-state index in [1.165, 1.54) is 99.4 Å². The number of benzene rings is 12. The van der Waals surface area contributed by atoms with E-state index in [2.05, 4.69) is 299 Å². The van der Waals surface area contributed by atoms with Gasteiger partial charge in [-0.3, -0.25) is 0 Å². The average molecular weight is 966 g/mol. The summed E-state index contributed by atoms with van der Waals surface area (Å²) in [6, 6.07) is 106. The van der Waals surface area contributed by atoms with E-state index < -0.39 is 5.41 Å². The molecule has 3 heterocycles. The molecule has 12 aromatic carbocycles. The first-order valence-electron chi connectivity index (χ1n) is 26.3. The molecule has 0 bridgehead atoms. The van der Waals surface area contributed by atoms with Gasteiger partial charge >= 0.3 is 0 Å². The van der Waals surface area contributed by atoms with Crippen molar-refractivity contribution in [3.63, 3.8) is 0 Å². The lowest BCUT2D eigenvalue weighted by Gasteiger charge is -2.39. The molecular weight excluding hydrogens is 919 g/mol. The Morgan fingerprint density at radius 1 is 0.276 bits per heavy atom. The Kier molecular flexibility index (Phi) is 9.25. The number of hydrogen-bond donors (Lipinski definition) is 0. The minimum absolute atomic E-state index is 0.542. The molecule has 2 aliphatic rings. The quantitative estimate of drug-likeness (QED) is 0.155. The molecule has 0 radical (unpaired) electrons. The van der Waals surface area contributed by atoms with Crippen LogP contribution in [0.15, 0.2) is 285 Å². The van der Waals surface area contributed by atoms with E-state index >= 15 is 0 Å². The van der Waals surface area contributed by atoms with Crippen molar-refractivity contribution in [3.8, 4) is 55.9 Å². The third-order valence-corrected chi connectivity index (χ3v) is 16.5. The van der Waals surface area contributed by atoms with Gasteiger partial charge in [0, 0.05) is 44.2 Å². The fraction of sp³-hybridized carbons (Fsp3) is 0.0137. The molecule has 3 nitrogen and oxygen atoms in total. The molecule has 1 atom stereocenters. The minimum Gasteiger partial charge on any atom is -0.310 e. The number of hydrogen-bond acceptors (Lipinski definition) is 1. The molecule has 0 N–H and O–H groups in total. The molecule has 3 heteroatoms. The molecule has 0 amide bonds. The Bertz CT molecular complexity index is 4580. The zero-order chi connectivity index (χ0) is 49.9.